The van der Waals surface area contributed by atoms with Gasteiger partial charge in [0, 0.05) is 11.6 Å². The van der Waals surface area contributed by atoms with Crippen molar-refractivity contribution in [3.05, 3.63) is 40.9 Å². The van der Waals surface area contributed by atoms with Crippen molar-refractivity contribution in [3.63, 3.8) is 0 Å². The molecule has 1 aromatic heterocycles. The summed E-state index contributed by atoms with van der Waals surface area (Å²) in [5.74, 6) is -0.780. The number of nitrogens with one attached hydrogen (secondary N) is 1. The largest absolute Gasteiger partial charge is 0.451 e. The Morgan fingerprint density at radius 1 is 1.28 bits per heavy atom. The number of hydrogen-bond acceptors (Lipinski definition) is 6. The number of carbonyl (C=O) groups excluding carboxylic acids is 2. The van der Waals surface area contributed by atoms with Gasteiger partial charge in [-0.1, -0.05) is 44.9 Å². The zero-order valence-electron chi connectivity index (χ0n) is 17.0. The summed E-state index contributed by atoms with van der Waals surface area (Å²) in [6, 6.07) is 8.98. The molecule has 3 rings (SSSR count). The van der Waals surface area contributed by atoms with E-state index in [9.17, 15) is 14.4 Å². The average Bonchev–Trinajstić information content (AvgIpc) is 3.06. The number of nitrogens with zero attached hydrogens (tertiary/aromatic N) is 2. The quantitative estimate of drug-likeness (QED) is 0.746. The highest BCUT2D eigenvalue weighted by molar-refractivity contribution is 5.83. The number of amides is 1. The molecule has 0 radical (unpaired) electrons. The maximum atomic E-state index is 12.4. The molecule has 1 N–H and O–H groups in total. The van der Waals surface area contributed by atoms with E-state index in [4.69, 9.17) is 9.15 Å². The number of rotatable bonds is 6. The Balaban J connectivity index is 1.56. The number of benzene rings is 1. The molecule has 0 bridgehead atoms. The first-order valence-corrected chi connectivity index (χ1v) is 9.98. The van der Waals surface area contributed by atoms with Crippen molar-refractivity contribution in [3.8, 4) is 11.5 Å². The fourth-order valence-electron chi connectivity index (χ4n) is 3.60. The number of esters is 1. The van der Waals surface area contributed by atoms with E-state index in [1.165, 1.54) is 6.92 Å². The first-order valence-electron chi connectivity index (χ1n) is 9.98. The Hall–Kier alpha value is -2.90. The van der Waals surface area contributed by atoms with Gasteiger partial charge in [-0.25, -0.2) is 4.79 Å². The number of aromatic nitrogens is 2. The number of ether oxygens (including phenoxy) is 1. The van der Waals surface area contributed by atoms with Crippen LogP contribution in [0.4, 0.5) is 0 Å². The van der Waals surface area contributed by atoms with Crippen LogP contribution in [-0.2, 0) is 20.9 Å². The van der Waals surface area contributed by atoms with Crippen molar-refractivity contribution in [1.82, 2.24) is 15.1 Å². The molecule has 1 aromatic carbocycles. The van der Waals surface area contributed by atoms with Crippen LogP contribution in [0.2, 0.25) is 0 Å². The zero-order valence-corrected chi connectivity index (χ0v) is 17.0. The van der Waals surface area contributed by atoms with Crippen LogP contribution in [0, 0.1) is 11.8 Å². The zero-order chi connectivity index (χ0) is 21.0. The molecule has 8 heteroatoms. The third-order valence-electron chi connectivity index (χ3n) is 5.62. The summed E-state index contributed by atoms with van der Waals surface area (Å²) in [4.78, 5) is 36.6. The van der Waals surface area contributed by atoms with Crippen molar-refractivity contribution in [1.29, 1.82) is 0 Å². The second-order valence-electron chi connectivity index (χ2n) is 7.71. The minimum atomic E-state index is -0.955. The SMILES string of the molecule is C[C@@H]1[C@H](C)CCC[C@H]1NC(=O)[C@@H](C)OC(=O)Cn1nc(-c2ccccc2)oc1=O. The molecule has 0 spiro atoms. The standard InChI is InChI=1S/C21H27N3O5/c1-13-8-7-11-17(14(13)2)22-19(26)15(3)28-18(25)12-24-21(27)29-20(23-24)16-9-5-4-6-10-16/h4-6,9-10,13-15,17H,7-8,11-12H2,1-3H3,(H,22,26)/t13-,14-,15-,17-/m1/s1. The molecule has 1 saturated carbocycles. The average molecular weight is 401 g/mol. The van der Waals surface area contributed by atoms with Gasteiger partial charge >= 0.3 is 11.7 Å². The van der Waals surface area contributed by atoms with E-state index in [1.807, 2.05) is 6.07 Å². The van der Waals surface area contributed by atoms with E-state index in [0.717, 1.165) is 23.9 Å². The maximum Gasteiger partial charge on any atom is 0.437 e. The van der Waals surface area contributed by atoms with Gasteiger partial charge < -0.3 is 14.5 Å². The molecule has 8 nitrogen and oxygen atoms in total. The van der Waals surface area contributed by atoms with Gasteiger partial charge in [-0.15, -0.1) is 5.10 Å². The minimum absolute atomic E-state index is 0.0824. The molecule has 0 unspecified atom stereocenters. The lowest BCUT2D eigenvalue weighted by Crippen LogP contribution is -2.47. The molecule has 0 saturated heterocycles. The van der Waals surface area contributed by atoms with Crippen LogP contribution < -0.4 is 11.1 Å². The van der Waals surface area contributed by atoms with Crippen LogP contribution in [0.15, 0.2) is 39.5 Å². The summed E-state index contributed by atoms with van der Waals surface area (Å²) in [6.07, 6.45) is 2.20. The summed E-state index contributed by atoms with van der Waals surface area (Å²) >= 11 is 0. The molecule has 1 aliphatic rings. The van der Waals surface area contributed by atoms with E-state index in [-0.39, 0.29) is 17.8 Å². The third kappa shape index (κ3) is 5.13. The van der Waals surface area contributed by atoms with E-state index >= 15 is 0 Å². The van der Waals surface area contributed by atoms with Gasteiger partial charge in [0.05, 0.1) is 0 Å². The molecule has 156 valence electrons. The molecular weight excluding hydrogens is 374 g/mol. The van der Waals surface area contributed by atoms with Gasteiger partial charge in [0.1, 0.15) is 6.54 Å². The fourth-order valence-corrected chi connectivity index (χ4v) is 3.60. The maximum absolute atomic E-state index is 12.4. The molecule has 1 fully saturated rings. The van der Waals surface area contributed by atoms with Gasteiger partial charge in [-0.2, -0.15) is 4.68 Å². The third-order valence-corrected chi connectivity index (χ3v) is 5.62. The molecule has 0 aliphatic heterocycles. The Morgan fingerprint density at radius 3 is 2.72 bits per heavy atom. The van der Waals surface area contributed by atoms with Crippen LogP contribution >= 0.6 is 0 Å². The van der Waals surface area contributed by atoms with Gasteiger partial charge in [-0.05, 0) is 37.3 Å². The van der Waals surface area contributed by atoms with Crippen molar-refractivity contribution in [2.45, 2.75) is 58.7 Å². The second kappa shape index (κ2) is 9.07. The van der Waals surface area contributed by atoms with E-state index in [0.29, 0.717) is 17.4 Å². The Morgan fingerprint density at radius 2 is 2.00 bits per heavy atom. The van der Waals surface area contributed by atoms with Gasteiger partial charge in [0.25, 0.3) is 5.91 Å². The minimum Gasteiger partial charge on any atom is -0.451 e. The number of carbonyl (C=O) groups is 2. The molecule has 1 amide bonds. The number of hydrogen-bond donors (Lipinski definition) is 1. The summed E-state index contributed by atoms with van der Waals surface area (Å²) in [5.41, 5.74) is 0.625. The normalized spacial score (nSPS) is 22.7. The lowest BCUT2D eigenvalue weighted by atomic mass is 9.78. The first-order chi connectivity index (χ1) is 13.8. The van der Waals surface area contributed by atoms with Crippen molar-refractivity contribution >= 4 is 11.9 Å². The Labute approximate surface area is 169 Å². The van der Waals surface area contributed by atoms with Crippen molar-refractivity contribution in [2.24, 2.45) is 11.8 Å². The van der Waals surface area contributed by atoms with E-state index in [1.54, 1.807) is 24.3 Å². The highest BCUT2D eigenvalue weighted by Gasteiger charge is 2.30. The van der Waals surface area contributed by atoms with Crippen LogP contribution in [0.25, 0.3) is 11.5 Å². The molecule has 1 aliphatic carbocycles. The van der Waals surface area contributed by atoms with Crippen molar-refractivity contribution < 1.29 is 18.7 Å². The van der Waals surface area contributed by atoms with Crippen LogP contribution in [-0.4, -0.2) is 33.8 Å². The van der Waals surface area contributed by atoms with Crippen LogP contribution in [0.1, 0.15) is 40.0 Å². The Kier molecular flexibility index (Phi) is 6.51. The smallest absolute Gasteiger partial charge is 0.437 e. The molecule has 29 heavy (non-hydrogen) atoms. The summed E-state index contributed by atoms with van der Waals surface area (Å²) in [6.45, 7) is 5.41. The predicted molar refractivity (Wildman–Crippen MR) is 106 cm³/mol. The van der Waals surface area contributed by atoms with Crippen LogP contribution in [0.5, 0.6) is 0 Å². The lowest BCUT2D eigenvalue weighted by Gasteiger charge is -2.35. The molecule has 4 atom stereocenters. The van der Waals surface area contributed by atoms with Gasteiger partial charge in [0.2, 0.25) is 5.89 Å². The highest BCUT2D eigenvalue weighted by atomic mass is 16.5. The monoisotopic (exact) mass is 401 g/mol. The van der Waals surface area contributed by atoms with Crippen LogP contribution in [0.3, 0.4) is 0 Å². The molecule has 1 heterocycles. The summed E-state index contributed by atoms with van der Waals surface area (Å²) < 4.78 is 11.2. The topological polar surface area (TPSA) is 103 Å². The summed E-state index contributed by atoms with van der Waals surface area (Å²) in [7, 11) is 0. The predicted octanol–water partition coefficient (Wildman–Crippen LogP) is 2.38. The van der Waals surface area contributed by atoms with Gasteiger partial charge in [-0.3, -0.25) is 9.59 Å². The molecule has 2 aromatic rings. The fraction of sp³-hybridized carbons (Fsp3) is 0.524. The summed E-state index contributed by atoms with van der Waals surface area (Å²) in [5, 5.41) is 7.01. The lowest BCUT2D eigenvalue weighted by molar-refractivity contribution is -0.156. The van der Waals surface area contributed by atoms with Crippen molar-refractivity contribution in [2.75, 3.05) is 0 Å². The van der Waals surface area contributed by atoms with E-state index in [2.05, 4.69) is 24.3 Å². The first kappa shape index (κ1) is 20.8. The Bertz CT molecular complexity index is 905. The van der Waals surface area contributed by atoms with E-state index < -0.39 is 24.4 Å². The highest BCUT2D eigenvalue weighted by Crippen LogP contribution is 2.29. The van der Waals surface area contributed by atoms with Gasteiger partial charge in [0.15, 0.2) is 6.10 Å². The molecular formula is C21H27N3O5. The second-order valence-corrected chi connectivity index (χ2v) is 7.71.